The first-order valence-corrected chi connectivity index (χ1v) is 6.42. The predicted molar refractivity (Wildman–Crippen MR) is 69.9 cm³/mol. The zero-order valence-electron chi connectivity index (χ0n) is 9.54. The van der Waals surface area contributed by atoms with Crippen LogP contribution in [0.5, 0.6) is 0 Å². The third kappa shape index (κ3) is 4.35. The molecule has 0 saturated carbocycles. The van der Waals surface area contributed by atoms with E-state index in [9.17, 15) is 0 Å². The molecule has 0 aliphatic rings. The molecule has 0 heterocycles. The van der Waals surface area contributed by atoms with E-state index in [0.717, 1.165) is 10.9 Å². The van der Waals surface area contributed by atoms with E-state index in [0.29, 0.717) is 5.92 Å². The molecular formula is C13H20BrN. The van der Waals surface area contributed by atoms with E-state index >= 15 is 0 Å². The van der Waals surface area contributed by atoms with Gasteiger partial charge in [-0.1, -0.05) is 48.3 Å². The molecule has 1 aromatic rings. The quantitative estimate of drug-likeness (QED) is 0.866. The van der Waals surface area contributed by atoms with Gasteiger partial charge in [-0.2, -0.15) is 0 Å². The molecule has 0 aliphatic carbocycles. The Balaban J connectivity index is 2.50. The summed E-state index contributed by atoms with van der Waals surface area (Å²) in [5.41, 5.74) is 7.49. The molecule has 15 heavy (non-hydrogen) atoms. The molecule has 2 heteroatoms. The lowest BCUT2D eigenvalue weighted by Crippen LogP contribution is -2.30. The molecule has 0 aliphatic heterocycles. The number of nitrogens with two attached hydrogens (primary N) is 1. The van der Waals surface area contributed by atoms with Crippen molar-refractivity contribution in [2.75, 3.05) is 0 Å². The minimum atomic E-state index is 0.283. The second-order valence-electron chi connectivity index (χ2n) is 4.26. The standard InChI is InChI=1S/C13H20BrN/c1-3-4-10(2)13(15)9-11-5-7-12(14)8-6-11/h5-8,10,13H,3-4,9,15H2,1-2H3. The van der Waals surface area contributed by atoms with E-state index in [1.54, 1.807) is 0 Å². The molecule has 0 bridgehead atoms. The molecule has 2 atom stereocenters. The monoisotopic (exact) mass is 269 g/mol. The summed E-state index contributed by atoms with van der Waals surface area (Å²) in [5.74, 6) is 0.610. The zero-order chi connectivity index (χ0) is 11.3. The van der Waals surface area contributed by atoms with E-state index < -0.39 is 0 Å². The molecule has 0 radical (unpaired) electrons. The van der Waals surface area contributed by atoms with Crippen LogP contribution in [-0.2, 0) is 6.42 Å². The Morgan fingerprint density at radius 1 is 1.27 bits per heavy atom. The lowest BCUT2D eigenvalue weighted by Gasteiger charge is -2.19. The van der Waals surface area contributed by atoms with Crippen molar-refractivity contribution in [3.05, 3.63) is 34.3 Å². The van der Waals surface area contributed by atoms with E-state index in [2.05, 4.69) is 54.0 Å². The van der Waals surface area contributed by atoms with Gasteiger partial charge in [-0.3, -0.25) is 0 Å². The third-order valence-corrected chi connectivity index (χ3v) is 3.39. The Bertz CT molecular complexity index is 281. The topological polar surface area (TPSA) is 26.0 Å². The highest BCUT2D eigenvalue weighted by atomic mass is 79.9. The second-order valence-corrected chi connectivity index (χ2v) is 5.18. The van der Waals surface area contributed by atoms with E-state index in [1.807, 2.05) is 0 Å². The van der Waals surface area contributed by atoms with Crippen LogP contribution in [0.2, 0.25) is 0 Å². The van der Waals surface area contributed by atoms with Gasteiger partial charge in [0.1, 0.15) is 0 Å². The van der Waals surface area contributed by atoms with Crippen LogP contribution < -0.4 is 5.73 Å². The van der Waals surface area contributed by atoms with Gasteiger partial charge in [-0.25, -0.2) is 0 Å². The summed E-state index contributed by atoms with van der Waals surface area (Å²) in [4.78, 5) is 0. The summed E-state index contributed by atoms with van der Waals surface area (Å²) in [6.45, 7) is 4.45. The van der Waals surface area contributed by atoms with Crippen LogP contribution in [0.15, 0.2) is 28.7 Å². The normalized spacial score (nSPS) is 14.9. The predicted octanol–water partition coefficient (Wildman–Crippen LogP) is 3.76. The highest BCUT2D eigenvalue weighted by molar-refractivity contribution is 9.10. The van der Waals surface area contributed by atoms with Crippen LogP contribution in [0.25, 0.3) is 0 Å². The minimum absolute atomic E-state index is 0.283. The molecule has 0 spiro atoms. The highest BCUT2D eigenvalue weighted by Crippen LogP contribution is 2.16. The molecule has 2 unspecified atom stereocenters. The Morgan fingerprint density at radius 3 is 2.40 bits per heavy atom. The molecule has 0 saturated heterocycles. The Labute approximate surface area is 101 Å². The minimum Gasteiger partial charge on any atom is -0.327 e. The van der Waals surface area contributed by atoms with Crippen LogP contribution >= 0.6 is 15.9 Å². The summed E-state index contributed by atoms with van der Waals surface area (Å²) in [5, 5.41) is 0. The smallest absolute Gasteiger partial charge is 0.0175 e. The van der Waals surface area contributed by atoms with Crippen LogP contribution in [0.4, 0.5) is 0 Å². The lowest BCUT2D eigenvalue weighted by molar-refractivity contribution is 0.420. The zero-order valence-corrected chi connectivity index (χ0v) is 11.1. The van der Waals surface area contributed by atoms with Gasteiger partial charge in [0.05, 0.1) is 0 Å². The van der Waals surface area contributed by atoms with Crippen molar-refractivity contribution in [3.8, 4) is 0 Å². The second kappa shape index (κ2) is 6.29. The van der Waals surface area contributed by atoms with E-state index in [1.165, 1.54) is 18.4 Å². The third-order valence-electron chi connectivity index (χ3n) is 2.86. The number of benzene rings is 1. The fourth-order valence-electron chi connectivity index (χ4n) is 1.76. The number of hydrogen-bond donors (Lipinski definition) is 1. The van der Waals surface area contributed by atoms with Gasteiger partial charge in [0.15, 0.2) is 0 Å². The van der Waals surface area contributed by atoms with Crippen molar-refractivity contribution in [2.24, 2.45) is 11.7 Å². The first kappa shape index (κ1) is 12.7. The van der Waals surface area contributed by atoms with Crippen molar-refractivity contribution < 1.29 is 0 Å². The fourth-order valence-corrected chi connectivity index (χ4v) is 2.03. The molecule has 84 valence electrons. The van der Waals surface area contributed by atoms with Gasteiger partial charge in [0.2, 0.25) is 0 Å². The largest absolute Gasteiger partial charge is 0.327 e. The van der Waals surface area contributed by atoms with Gasteiger partial charge < -0.3 is 5.73 Å². The molecule has 0 aromatic heterocycles. The average Bonchev–Trinajstić information content (AvgIpc) is 2.22. The first-order valence-electron chi connectivity index (χ1n) is 5.63. The van der Waals surface area contributed by atoms with Crippen molar-refractivity contribution in [1.82, 2.24) is 0 Å². The summed E-state index contributed by atoms with van der Waals surface area (Å²) in [6.07, 6.45) is 3.42. The van der Waals surface area contributed by atoms with Crippen LogP contribution in [0.1, 0.15) is 32.3 Å². The van der Waals surface area contributed by atoms with Gasteiger partial charge in [0, 0.05) is 10.5 Å². The van der Waals surface area contributed by atoms with Crippen LogP contribution in [-0.4, -0.2) is 6.04 Å². The molecule has 1 nitrogen and oxygen atoms in total. The lowest BCUT2D eigenvalue weighted by atomic mass is 9.92. The first-order chi connectivity index (χ1) is 7.13. The number of halogens is 1. The Kier molecular flexibility index (Phi) is 5.34. The summed E-state index contributed by atoms with van der Waals surface area (Å²) in [6, 6.07) is 8.72. The molecule has 0 fully saturated rings. The van der Waals surface area contributed by atoms with Crippen molar-refractivity contribution in [3.63, 3.8) is 0 Å². The van der Waals surface area contributed by atoms with Crippen molar-refractivity contribution in [1.29, 1.82) is 0 Å². The number of hydrogen-bond acceptors (Lipinski definition) is 1. The molecule has 2 N–H and O–H groups in total. The Morgan fingerprint density at radius 2 is 1.87 bits per heavy atom. The fraction of sp³-hybridized carbons (Fsp3) is 0.538. The van der Waals surface area contributed by atoms with Gasteiger partial charge in [0.25, 0.3) is 0 Å². The molecule has 0 amide bonds. The molecular weight excluding hydrogens is 250 g/mol. The maximum absolute atomic E-state index is 6.16. The van der Waals surface area contributed by atoms with Crippen molar-refractivity contribution in [2.45, 2.75) is 39.2 Å². The molecule has 1 aromatic carbocycles. The number of rotatable bonds is 5. The van der Waals surface area contributed by atoms with Gasteiger partial charge in [-0.15, -0.1) is 0 Å². The molecule has 1 rings (SSSR count). The van der Waals surface area contributed by atoms with Crippen molar-refractivity contribution >= 4 is 15.9 Å². The van der Waals surface area contributed by atoms with Gasteiger partial charge >= 0.3 is 0 Å². The summed E-state index contributed by atoms with van der Waals surface area (Å²) < 4.78 is 1.13. The highest BCUT2D eigenvalue weighted by Gasteiger charge is 2.11. The summed E-state index contributed by atoms with van der Waals surface area (Å²) in [7, 11) is 0. The van der Waals surface area contributed by atoms with E-state index in [4.69, 9.17) is 5.73 Å². The van der Waals surface area contributed by atoms with E-state index in [-0.39, 0.29) is 6.04 Å². The average molecular weight is 270 g/mol. The maximum atomic E-state index is 6.16. The Hall–Kier alpha value is -0.340. The SMILES string of the molecule is CCCC(C)C(N)Cc1ccc(Br)cc1. The summed E-state index contributed by atoms with van der Waals surface area (Å²) >= 11 is 3.43. The van der Waals surface area contributed by atoms with Gasteiger partial charge in [-0.05, 0) is 36.5 Å². The van der Waals surface area contributed by atoms with Crippen LogP contribution in [0, 0.1) is 5.92 Å². The maximum Gasteiger partial charge on any atom is 0.0175 e. The van der Waals surface area contributed by atoms with Crippen LogP contribution in [0.3, 0.4) is 0 Å².